The normalized spacial score (nSPS) is 11.9. The average Bonchev–Trinajstić information content (AvgIpc) is 2.36. The van der Waals surface area contributed by atoms with Gasteiger partial charge in [0, 0.05) is 6.04 Å². The molecule has 2 nitrogen and oxygen atoms in total. The number of hydrogen-bond donors (Lipinski definition) is 1. The lowest BCUT2D eigenvalue weighted by molar-refractivity contribution is 0.317. The summed E-state index contributed by atoms with van der Waals surface area (Å²) >= 11 is 6.37. The molecule has 0 bridgehead atoms. The third-order valence-corrected chi connectivity index (χ3v) is 3.74. The van der Waals surface area contributed by atoms with Crippen molar-refractivity contribution in [2.75, 3.05) is 6.61 Å². The van der Waals surface area contributed by atoms with Gasteiger partial charge >= 0.3 is 0 Å². The molecule has 2 N–H and O–H groups in total. The Kier molecular flexibility index (Phi) is 8.47. The highest BCUT2D eigenvalue weighted by Crippen LogP contribution is 2.33. The first-order chi connectivity index (χ1) is 8.51. The summed E-state index contributed by atoms with van der Waals surface area (Å²) in [7, 11) is 0. The van der Waals surface area contributed by atoms with Gasteiger partial charge in [0.25, 0.3) is 0 Å². The van der Waals surface area contributed by atoms with Gasteiger partial charge in [-0.25, -0.2) is 0 Å². The highest BCUT2D eigenvalue weighted by Gasteiger charge is 2.14. The molecule has 1 atom stereocenters. The van der Waals surface area contributed by atoms with Crippen LogP contribution in [0, 0.1) is 13.8 Å². The minimum absolute atomic E-state index is 0. The molecule has 1 aromatic carbocycles. The number of ether oxygens (including phenoxy) is 1. The average molecular weight is 306 g/mol. The minimum Gasteiger partial charge on any atom is -0.492 e. The number of rotatable bonds is 6. The van der Waals surface area contributed by atoms with Gasteiger partial charge in [-0.15, -0.1) is 12.4 Å². The second-order valence-electron chi connectivity index (χ2n) is 4.83. The number of nitrogens with two attached hydrogens (primary N) is 1. The van der Waals surface area contributed by atoms with E-state index in [0.717, 1.165) is 35.6 Å². The zero-order chi connectivity index (χ0) is 13.7. The Morgan fingerprint density at radius 1 is 1.32 bits per heavy atom. The molecular formula is C15H25Cl2NO. The van der Waals surface area contributed by atoms with Crippen molar-refractivity contribution < 1.29 is 4.74 Å². The molecule has 1 unspecified atom stereocenters. The minimum atomic E-state index is 0. The van der Waals surface area contributed by atoms with E-state index in [4.69, 9.17) is 22.1 Å². The van der Waals surface area contributed by atoms with Crippen molar-refractivity contribution in [1.29, 1.82) is 0 Å². The molecule has 1 rings (SSSR count). The van der Waals surface area contributed by atoms with Crippen molar-refractivity contribution in [1.82, 2.24) is 0 Å². The molecule has 0 aliphatic carbocycles. The zero-order valence-electron chi connectivity index (χ0n) is 12.3. The monoisotopic (exact) mass is 305 g/mol. The van der Waals surface area contributed by atoms with E-state index in [9.17, 15) is 0 Å². The predicted molar refractivity (Wildman–Crippen MR) is 85.9 cm³/mol. The van der Waals surface area contributed by atoms with Crippen molar-refractivity contribution in [3.05, 3.63) is 27.8 Å². The number of halogens is 2. The molecule has 0 heterocycles. The van der Waals surface area contributed by atoms with E-state index in [-0.39, 0.29) is 18.4 Å². The van der Waals surface area contributed by atoms with E-state index >= 15 is 0 Å². The maximum absolute atomic E-state index is 6.37. The number of hydrogen-bond acceptors (Lipinski definition) is 2. The Morgan fingerprint density at radius 3 is 2.47 bits per heavy atom. The van der Waals surface area contributed by atoms with E-state index < -0.39 is 0 Å². The maximum Gasteiger partial charge on any atom is 0.138 e. The van der Waals surface area contributed by atoms with Gasteiger partial charge in [0.05, 0.1) is 11.6 Å². The van der Waals surface area contributed by atoms with E-state index in [0.29, 0.717) is 6.61 Å². The Bertz CT molecular complexity index is 408. The molecule has 0 spiro atoms. The first-order valence-corrected chi connectivity index (χ1v) is 7.05. The van der Waals surface area contributed by atoms with Crippen molar-refractivity contribution in [2.45, 2.75) is 53.0 Å². The van der Waals surface area contributed by atoms with Crippen LogP contribution in [0.1, 0.15) is 43.4 Å². The largest absolute Gasteiger partial charge is 0.492 e. The Morgan fingerprint density at radius 2 is 1.95 bits per heavy atom. The second kappa shape index (κ2) is 8.68. The standard InChI is InChI=1S/C15H24ClNO.ClH/c1-5-7-18-14-8-10(3)13(9-12(17)6-2)11(4)15(14)16;/h8,12H,5-7,9,17H2,1-4H3;1H. The van der Waals surface area contributed by atoms with Gasteiger partial charge < -0.3 is 10.5 Å². The lowest BCUT2D eigenvalue weighted by atomic mass is 9.95. The molecule has 0 saturated carbocycles. The lowest BCUT2D eigenvalue weighted by Crippen LogP contribution is -2.22. The summed E-state index contributed by atoms with van der Waals surface area (Å²) in [6.45, 7) is 9.04. The number of benzene rings is 1. The summed E-state index contributed by atoms with van der Waals surface area (Å²) in [6, 6.07) is 2.23. The fourth-order valence-electron chi connectivity index (χ4n) is 2.00. The molecule has 0 saturated heterocycles. The summed E-state index contributed by atoms with van der Waals surface area (Å²) in [5, 5.41) is 0.729. The van der Waals surface area contributed by atoms with Gasteiger partial charge in [-0.1, -0.05) is 25.4 Å². The molecule has 0 aromatic heterocycles. The van der Waals surface area contributed by atoms with Crippen molar-refractivity contribution in [3.8, 4) is 5.75 Å². The predicted octanol–water partition coefficient (Wildman–Crippen LogP) is 4.45. The van der Waals surface area contributed by atoms with E-state index in [1.807, 2.05) is 13.0 Å². The zero-order valence-corrected chi connectivity index (χ0v) is 13.8. The van der Waals surface area contributed by atoms with Gasteiger partial charge in [0.1, 0.15) is 5.75 Å². The first kappa shape index (κ1) is 18.6. The Labute approximate surface area is 128 Å². The van der Waals surface area contributed by atoms with Gasteiger partial charge in [-0.05, 0) is 55.9 Å². The lowest BCUT2D eigenvalue weighted by Gasteiger charge is -2.18. The molecule has 0 aliphatic rings. The van der Waals surface area contributed by atoms with Gasteiger partial charge in [0.2, 0.25) is 0 Å². The van der Waals surface area contributed by atoms with Gasteiger partial charge in [0.15, 0.2) is 0 Å². The van der Waals surface area contributed by atoms with Crippen LogP contribution in [0.15, 0.2) is 6.07 Å². The smallest absolute Gasteiger partial charge is 0.138 e. The van der Waals surface area contributed by atoms with Crippen LogP contribution in [0.4, 0.5) is 0 Å². The molecule has 0 radical (unpaired) electrons. The Hall–Kier alpha value is -0.440. The van der Waals surface area contributed by atoms with Crippen LogP contribution in [0.5, 0.6) is 5.75 Å². The molecule has 0 fully saturated rings. The Balaban J connectivity index is 0.00000324. The second-order valence-corrected chi connectivity index (χ2v) is 5.21. The topological polar surface area (TPSA) is 35.2 Å². The maximum atomic E-state index is 6.37. The molecule has 1 aromatic rings. The van der Waals surface area contributed by atoms with Gasteiger partial charge in [-0.2, -0.15) is 0 Å². The van der Waals surface area contributed by atoms with E-state index in [1.54, 1.807) is 0 Å². The molecular weight excluding hydrogens is 281 g/mol. The SMILES string of the molecule is CCCOc1cc(C)c(CC(N)CC)c(C)c1Cl.Cl. The van der Waals surface area contributed by atoms with E-state index in [1.165, 1.54) is 11.1 Å². The van der Waals surface area contributed by atoms with Crippen LogP contribution in [-0.4, -0.2) is 12.6 Å². The molecule has 0 amide bonds. The van der Waals surface area contributed by atoms with Crippen LogP contribution in [-0.2, 0) is 6.42 Å². The van der Waals surface area contributed by atoms with Crippen LogP contribution in [0.3, 0.4) is 0 Å². The quantitative estimate of drug-likeness (QED) is 0.843. The van der Waals surface area contributed by atoms with E-state index in [2.05, 4.69) is 20.8 Å². The van der Waals surface area contributed by atoms with Crippen LogP contribution in [0.25, 0.3) is 0 Å². The molecule has 19 heavy (non-hydrogen) atoms. The first-order valence-electron chi connectivity index (χ1n) is 6.68. The third kappa shape index (κ3) is 4.87. The van der Waals surface area contributed by atoms with Crippen molar-refractivity contribution in [2.24, 2.45) is 5.73 Å². The summed E-state index contributed by atoms with van der Waals surface area (Å²) in [6.07, 6.45) is 2.84. The van der Waals surface area contributed by atoms with Crippen molar-refractivity contribution in [3.63, 3.8) is 0 Å². The van der Waals surface area contributed by atoms with Gasteiger partial charge in [-0.3, -0.25) is 0 Å². The highest BCUT2D eigenvalue weighted by atomic mass is 35.5. The highest BCUT2D eigenvalue weighted by molar-refractivity contribution is 6.33. The molecule has 4 heteroatoms. The summed E-state index contributed by atoms with van der Waals surface area (Å²) in [5.41, 5.74) is 9.62. The molecule has 0 aliphatic heterocycles. The van der Waals surface area contributed by atoms with Crippen molar-refractivity contribution >= 4 is 24.0 Å². The fourth-order valence-corrected chi connectivity index (χ4v) is 2.22. The molecule has 110 valence electrons. The van der Waals surface area contributed by atoms with Crippen LogP contribution in [0.2, 0.25) is 5.02 Å². The van der Waals surface area contributed by atoms with Crippen LogP contribution >= 0.6 is 24.0 Å². The fraction of sp³-hybridized carbons (Fsp3) is 0.600. The summed E-state index contributed by atoms with van der Waals surface area (Å²) in [5.74, 6) is 0.794. The third-order valence-electron chi connectivity index (χ3n) is 3.27. The summed E-state index contributed by atoms with van der Waals surface area (Å²) in [4.78, 5) is 0. The van der Waals surface area contributed by atoms with Crippen LogP contribution < -0.4 is 10.5 Å². The number of aryl methyl sites for hydroxylation is 1. The summed E-state index contributed by atoms with van der Waals surface area (Å²) < 4.78 is 5.67.